The maximum absolute atomic E-state index is 13.2. The predicted molar refractivity (Wildman–Crippen MR) is 119 cm³/mol. The molecular formula is C25H31NO5. The van der Waals surface area contributed by atoms with Gasteiger partial charge in [-0.15, -0.1) is 0 Å². The van der Waals surface area contributed by atoms with Crippen LogP contribution in [-0.4, -0.2) is 40.3 Å². The van der Waals surface area contributed by atoms with Crippen LogP contribution >= 0.6 is 0 Å². The number of ketones is 1. The number of unbranched alkanes of at least 4 members (excludes halogenated alkanes) is 2. The summed E-state index contributed by atoms with van der Waals surface area (Å²) in [7, 11) is 0. The van der Waals surface area contributed by atoms with E-state index in [1.807, 2.05) is 24.3 Å². The van der Waals surface area contributed by atoms with Crippen LogP contribution in [0.15, 0.2) is 48.5 Å². The van der Waals surface area contributed by atoms with E-state index in [9.17, 15) is 14.4 Å². The summed E-state index contributed by atoms with van der Waals surface area (Å²) in [6, 6.07) is 12.7. The predicted octanol–water partition coefficient (Wildman–Crippen LogP) is 4.96. The van der Waals surface area contributed by atoms with E-state index in [2.05, 4.69) is 0 Å². The SMILES string of the molecule is [2H]C(C)(C)N(Cc1ccccc1OCCCCCC(=O)O)C(=O)c1ccc(C(C)=O)cc1. The second-order valence-electron chi connectivity index (χ2n) is 7.63. The van der Waals surface area contributed by atoms with E-state index < -0.39 is 12.0 Å². The van der Waals surface area contributed by atoms with Gasteiger partial charge < -0.3 is 14.7 Å². The van der Waals surface area contributed by atoms with Crippen LogP contribution < -0.4 is 4.74 Å². The fourth-order valence-electron chi connectivity index (χ4n) is 3.12. The zero-order valence-electron chi connectivity index (χ0n) is 19.4. The summed E-state index contributed by atoms with van der Waals surface area (Å²) in [5.74, 6) is -0.533. The van der Waals surface area contributed by atoms with Crippen molar-refractivity contribution in [2.45, 2.75) is 59.0 Å². The second kappa shape index (κ2) is 11.9. The number of rotatable bonds is 12. The first-order valence-corrected chi connectivity index (χ1v) is 10.4. The third kappa shape index (κ3) is 7.55. The molecule has 0 saturated carbocycles. The summed E-state index contributed by atoms with van der Waals surface area (Å²) < 4.78 is 14.4. The number of carboxylic acids is 1. The van der Waals surface area contributed by atoms with Crippen LogP contribution in [0.2, 0.25) is 0 Å². The van der Waals surface area contributed by atoms with Gasteiger partial charge in [-0.25, -0.2) is 0 Å². The fraction of sp³-hybridized carbons (Fsp3) is 0.400. The van der Waals surface area contributed by atoms with E-state index in [0.29, 0.717) is 29.9 Å². The Morgan fingerprint density at radius 1 is 1.00 bits per heavy atom. The minimum atomic E-state index is -1.18. The van der Waals surface area contributed by atoms with Crippen LogP contribution in [-0.2, 0) is 11.3 Å². The first-order chi connectivity index (χ1) is 15.1. The van der Waals surface area contributed by atoms with Crippen molar-refractivity contribution in [3.05, 3.63) is 65.2 Å². The normalized spacial score (nSPS) is 11.5. The molecule has 0 spiro atoms. The van der Waals surface area contributed by atoms with Crippen molar-refractivity contribution < 1.29 is 25.6 Å². The molecule has 0 saturated heterocycles. The van der Waals surface area contributed by atoms with Crippen LogP contribution in [0.5, 0.6) is 5.75 Å². The lowest BCUT2D eigenvalue weighted by molar-refractivity contribution is -0.137. The van der Waals surface area contributed by atoms with Crippen molar-refractivity contribution in [1.29, 1.82) is 0 Å². The molecule has 0 aliphatic rings. The smallest absolute Gasteiger partial charge is 0.303 e. The molecule has 31 heavy (non-hydrogen) atoms. The van der Waals surface area contributed by atoms with E-state index >= 15 is 0 Å². The highest BCUT2D eigenvalue weighted by Crippen LogP contribution is 2.23. The number of ether oxygens (including phenoxy) is 1. The summed E-state index contributed by atoms with van der Waals surface area (Å²) in [4.78, 5) is 36.8. The molecule has 6 heteroatoms. The number of carbonyl (C=O) groups excluding carboxylic acids is 2. The van der Waals surface area contributed by atoms with Gasteiger partial charge in [0.05, 0.1) is 7.98 Å². The molecule has 1 N–H and O–H groups in total. The lowest BCUT2D eigenvalue weighted by Crippen LogP contribution is -2.36. The van der Waals surface area contributed by atoms with Gasteiger partial charge in [0.15, 0.2) is 5.78 Å². The molecule has 0 atom stereocenters. The number of benzene rings is 2. The third-order valence-corrected chi connectivity index (χ3v) is 4.92. The number of carboxylic acid groups (broad SMARTS) is 1. The molecule has 2 rings (SSSR count). The summed E-state index contributed by atoms with van der Waals surface area (Å²) in [5.41, 5.74) is 1.72. The Balaban J connectivity index is 2.11. The molecule has 2 aromatic carbocycles. The van der Waals surface area contributed by atoms with E-state index in [0.717, 1.165) is 18.4 Å². The van der Waals surface area contributed by atoms with Gasteiger partial charge in [0.1, 0.15) is 5.75 Å². The average Bonchev–Trinajstić information content (AvgIpc) is 2.73. The van der Waals surface area contributed by atoms with Crippen LogP contribution in [0.4, 0.5) is 0 Å². The van der Waals surface area contributed by atoms with Gasteiger partial charge in [-0.3, -0.25) is 14.4 Å². The molecule has 0 unspecified atom stereocenters. The molecule has 0 aliphatic heterocycles. The lowest BCUT2D eigenvalue weighted by Gasteiger charge is -2.28. The van der Waals surface area contributed by atoms with E-state index in [1.54, 1.807) is 38.1 Å². The van der Waals surface area contributed by atoms with Crippen molar-refractivity contribution in [3.8, 4) is 5.75 Å². The van der Waals surface area contributed by atoms with Gasteiger partial charge in [-0.05, 0) is 58.2 Å². The number of para-hydroxylation sites is 1. The fourth-order valence-corrected chi connectivity index (χ4v) is 3.12. The highest BCUT2D eigenvalue weighted by molar-refractivity contribution is 5.97. The maximum Gasteiger partial charge on any atom is 0.303 e. The molecule has 0 aromatic heterocycles. The Hall–Kier alpha value is -3.15. The van der Waals surface area contributed by atoms with Gasteiger partial charge >= 0.3 is 5.97 Å². The molecule has 0 aliphatic carbocycles. The number of carbonyl (C=O) groups is 3. The first-order valence-electron chi connectivity index (χ1n) is 10.9. The number of hydrogen-bond acceptors (Lipinski definition) is 4. The van der Waals surface area contributed by atoms with Crippen LogP contribution in [0, 0.1) is 0 Å². The van der Waals surface area contributed by atoms with Crippen molar-refractivity contribution >= 4 is 17.7 Å². The molecule has 166 valence electrons. The number of amides is 1. The lowest BCUT2D eigenvalue weighted by atomic mass is 10.1. The molecule has 0 fully saturated rings. The van der Waals surface area contributed by atoms with Gasteiger partial charge in [0.25, 0.3) is 5.91 Å². The highest BCUT2D eigenvalue weighted by Gasteiger charge is 2.21. The molecule has 6 nitrogen and oxygen atoms in total. The zero-order chi connectivity index (χ0) is 23.7. The molecule has 0 bridgehead atoms. The molecular weight excluding hydrogens is 394 g/mol. The van der Waals surface area contributed by atoms with Crippen LogP contribution in [0.1, 0.15) is 74.1 Å². The Morgan fingerprint density at radius 2 is 1.65 bits per heavy atom. The topological polar surface area (TPSA) is 83.9 Å². The number of Topliss-reactive ketones (excluding diaryl/α,β-unsaturated/α-hetero) is 1. The van der Waals surface area contributed by atoms with Crippen LogP contribution in [0.25, 0.3) is 0 Å². The van der Waals surface area contributed by atoms with Crippen molar-refractivity contribution in [3.63, 3.8) is 0 Å². The minimum Gasteiger partial charge on any atom is -0.493 e. The Labute approximate surface area is 185 Å². The zero-order valence-corrected chi connectivity index (χ0v) is 18.4. The van der Waals surface area contributed by atoms with Crippen molar-refractivity contribution in [2.75, 3.05) is 6.61 Å². The van der Waals surface area contributed by atoms with Crippen molar-refractivity contribution in [2.24, 2.45) is 0 Å². The molecule has 0 heterocycles. The Kier molecular flexibility index (Phi) is 8.64. The Bertz CT molecular complexity index is 934. The van der Waals surface area contributed by atoms with Gasteiger partial charge in [-0.1, -0.05) is 30.3 Å². The number of aliphatic carboxylic acids is 1. The van der Waals surface area contributed by atoms with Gasteiger partial charge in [0.2, 0.25) is 0 Å². The quantitative estimate of drug-likeness (QED) is 0.383. The van der Waals surface area contributed by atoms with Gasteiger partial charge in [-0.2, -0.15) is 0 Å². The standard InChI is InChI=1S/C25H31NO5/c1-18(2)26(25(30)21-14-12-20(13-15-21)19(3)27)17-22-9-6-7-10-23(22)31-16-8-4-5-11-24(28)29/h6-7,9-10,12-15,18H,4-5,8,11,16-17H2,1-3H3,(H,28,29)/i18D. The van der Waals surface area contributed by atoms with E-state index in [1.165, 1.54) is 11.8 Å². The highest BCUT2D eigenvalue weighted by atomic mass is 16.5. The molecule has 1 amide bonds. The van der Waals surface area contributed by atoms with E-state index in [4.69, 9.17) is 11.2 Å². The summed E-state index contributed by atoms with van der Waals surface area (Å²) >= 11 is 0. The average molecular weight is 427 g/mol. The molecule has 2 aromatic rings. The second-order valence-corrected chi connectivity index (χ2v) is 7.63. The largest absolute Gasteiger partial charge is 0.493 e. The number of nitrogens with zero attached hydrogens (tertiary/aromatic N) is 1. The minimum absolute atomic E-state index is 0.0734. The Morgan fingerprint density at radius 3 is 2.26 bits per heavy atom. The molecule has 0 radical (unpaired) electrons. The number of hydrogen-bond donors (Lipinski definition) is 1. The maximum atomic E-state index is 13.2. The van der Waals surface area contributed by atoms with Crippen LogP contribution in [0.3, 0.4) is 0 Å². The van der Waals surface area contributed by atoms with Gasteiger partial charge in [0, 0.05) is 35.7 Å². The van der Waals surface area contributed by atoms with Crippen molar-refractivity contribution in [1.82, 2.24) is 4.90 Å². The first kappa shape index (κ1) is 22.5. The summed E-state index contributed by atoms with van der Waals surface area (Å²) in [6.07, 6.45) is 2.25. The summed E-state index contributed by atoms with van der Waals surface area (Å²) in [5, 5.41) is 8.71. The third-order valence-electron chi connectivity index (χ3n) is 4.92. The van der Waals surface area contributed by atoms with E-state index in [-0.39, 0.29) is 24.7 Å². The summed E-state index contributed by atoms with van der Waals surface area (Å²) in [6.45, 7) is 5.42. The monoisotopic (exact) mass is 426 g/mol.